The number of nitrogens with zero attached hydrogens (tertiary/aromatic N) is 3. The molecule has 2 aromatic carbocycles. The van der Waals surface area contributed by atoms with Crippen molar-refractivity contribution in [2.75, 3.05) is 18.5 Å². The number of rotatable bonds is 9. The second kappa shape index (κ2) is 10.0. The highest BCUT2D eigenvalue weighted by atomic mass is 32.1. The molecule has 0 fully saturated rings. The van der Waals surface area contributed by atoms with Crippen LogP contribution in [-0.2, 0) is 0 Å². The minimum absolute atomic E-state index is 0.263. The van der Waals surface area contributed by atoms with E-state index < -0.39 is 0 Å². The van der Waals surface area contributed by atoms with Crippen molar-refractivity contribution < 1.29 is 14.3 Å². The van der Waals surface area contributed by atoms with Crippen molar-refractivity contribution in [2.24, 2.45) is 0 Å². The first-order valence-corrected chi connectivity index (χ1v) is 12.0. The zero-order chi connectivity index (χ0) is 23.4. The molecule has 2 aromatic heterocycles. The van der Waals surface area contributed by atoms with Crippen LogP contribution in [0.2, 0.25) is 0 Å². The summed E-state index contributed by atoms with van der Waals surface area (Å²) in [5.74, 6) is 1.15. The van der Waals surface area contributed by atoms with Gasteiger partial charge in [-0.2, -0.15) is 4.98 Å². The molecular weight excluding hydrogens is 436 g/mol. The highest BCUT2D eigenvalue weighted by molar-refractivity contribution is 7.15. The average molecular weight is 465 g/mol. The molecule has 8 heteroatoms. The molecule has 0 spiro atoms. The van der Waals surface area contributed by atoms with Crippen LogP contribution >= 0.6 is 11.3 Å². The fourth-order valence-corrected chi connectivity index (χ4v) is 4.38. The number of hydrogen-bond donors (Lipinski definition) is 1. The van der Waals surface area contributed by atoms with Gasteiger partial charge in [-0.25, -0.2) is 4.52 Å². The lowest BCUT2D eigenvalue weighted by Crippen LogP contribution is -2.13. The summed E-state index contributed by atoms with van der Waals surface area (Å²) in [6.45, 7) is 9.26. The van der Waals surface area contributed by atoms with Crippen molar-refractivity contribution in [2.45, 2.75) is 40.5 Å². The molecule has 0 saturated heterocycles. The normalized spacial score (nSPS) is 11.0. The lowest BCUT2D eigenvalue weighted by atomic mass is 10.0. The van der Waals surface area contributed by atoms with Crippen LogP contribution in [0.3, 0.4) is 0 Å². The molecular formula is C25H28N4O3S. The van der Waals surface area contributed by atoms with Gasteiger partial charge in [0.1, 0.15) is 0 Å². The monoisotopic (exact) mass is 464 g/mol. The lowest BCUT2D eigenvalue weighted by Gasteiger charge is -2.13. The van der Waals surface area contributed by atoms with E-state index in [4.69, 9.17) is 9.47 Å². The van der Waals surface area contributed by atoms with Gasteiger partial charge in [0.05, 0.1) is 18.9 Å². The summed E-state index contributed by atoms with van der Waals surface area (Å²) in [6.07, 6.45) is 2.01. The molecule has 1 amide bonds. The van der Waals surface area contributed by atoms with Gasteiger partial charge in [-0.15, -0.1) is 16.4 Å². The van der Waals surface area contributed by atoms with Crippen molar-refractivity contribution >= 4 is 28.2 Å². The number of fused-ring (bicyclic) bond motifs is 1. The number of anilines is 1. The van der Waals surface area contributed by atoms with E-state index >= 15 is 0 Å². The number of nitrogens with one attached hydrogen (secondary N) is 1. The summed E-state index contributed by atoms with van der Waals surface area (Å²) in [4.78, 5) is 18.1. The Kier molecular flexibility index (Phi) is 6.93. The predicted octanol–water partition coefficient (Wildman–Crippen LogP) is 5.90. The fraction of sp³-hybridized carbons (Fsp3) is 0.320. The van der Waals surface area contributed by atoms with Crippen LogP contribution in [0.4, 0.5) is 5.95 Å². The number of aryl methyl sites for hydroxylation is 2. The van der Waals surface area contributed by atoms with E-state index in [0.29, 0.717) is 30.3 Å². The van der Waals surface area contributed by atoms with Gasteiger partial charge in [0.25, 0.3) is 11.9 Å². The number of carbonyl (C=O) groups excluding carboxylic acids is 1. The first kappa shape index (κ1) is 22.8. The molecule has 33 heavy (non-hydrogen) atoms. The molecule has 0 radical (unpaired) electrons. The zero-order valence-electron chi connectivity index (χ0n) is 19.3. The Hall–Kier alpha value is -3.39. The van der Waals surface area contributed by atoms with Gasteiger partial charge in [0.2, 0.25) is 4.96 Å². The number of hydrogen-bond acceptors (Lipinski definition) is 6. The van der Waals surface area contributed by atoms with Crippen molar-refractivity contribution in [1.82, 2.24) is 14.6 Å². The molecule has 1 N–H and O–H groups in total. The third-order valence-corrected chi connectivity index (χ3v) is 6.04. The van der Waals surface area contributed by atoms with E-state index in [2.05, 4.69) is 54.4 Å². The average Bonchev–Trinajstić information content (AvgIpc) is 3.35. The Morgan fingerprint density at radius 3 is 2.70 bits per heavy atom. The molecule has 2 heterocycles. The maximum absolute atomic E-state index is 12.9. The molecule has 0 aliphatic carbocycles. The number of ether oxygens (including phenoxy) is 2. The van der Waals surface area contributed by atoms with E-state index in [1.54, 1.807) is 22.7 Å². The van der Waals surface area contributed by atoms with Gasteiger partial charge >= 0.3 is 0 Å². The Morgan fingerprint density at radius 1 is 1.09 bits per heavy atom. The van der Waals surface area contributed by atoms with Crippen LogP contribution in [0.5, 0.6) is 11.5 Å². The predicted molar refractivity (Wildman–Crippen MR) is 132 cm³/mol. The van der Waals surface area contributed by atoms with Crippen LogP contribution in [0, 0.1) is 13.8 Å². The second-order valence-electron chi connectivity index (χ2n) is 7.82. The molecule has 0 bridgehead atoms. The van der Waals surface area contributed by atoms with Gasteiger partial charge in [-0.05, 0) is 51.0 Å². The van der Waals surface area contributed by atoms with Crippen molar-refractivity contribution in [3.63, 3.8) is 0 Å². The fourth-order valence-electron chi connectivity index (χ4n) is 3.56. The molecule has 0 aliphatic rings. The third-order valence-electron chi connectivity index (χ3n) is 5.23. The number of aromatic nitrogens is 3. The Labute approximate surface area is 197 Å². The standard InChI is InChI=1S/C25H28N4O3S/c1-5-7-12-32-21-11-9-18(14-22(21)31-6-2)23(30)26-24-27-25-29(28-24)20(15-33-25)19-10-8-16(3)13-17(19)4/h8-11,13-15H,5-7,12H2,1-4H3,(H,26,28,30). The summed E-state index contributed by atoms with van der Waals surface area (Å²) in [6, 6.07) is 11.5. The largest absolute Gasteiger partial charge is 0.490 e. The number of amides is 1. The summed E-state index contributed by atoms with van der Waals surface area (Å²) in [7, 11) is 0. The maximum Gasteiger partial charge on any atom is 0.258 e. The highest BCUT2D eigenvalue weighted by Gasteiger charge is 2.17. The molecule has 172 valence electrons. The smallest absolute Gasteiger partial charge is 0.258 e. The molecule has 7 nitrogen and oxygen atoms in total. The summed E-state index contributed by atoms with van der Waals surface area (Å²) in [5.41, 5.74) is 4.87. The summed E-state index contributed by atoms with van der Waals surface area (Å²) >= 11 is 1.49. The van der Waals surface area contributed by atoms with Crippen LogP contribution in [0.25, 0.3) is 16.2 Å². The van der Waals surface area contributed by atoms with E-state index in [1.807, 2.05) is 12.3 Å². The van der Waals surface area contributed by atoms with Crippen LogP contribution in [0.15, 0.2) is 41.8 Å². The topological polar surface area (TPSA) is 77.8 Å². The van der Waals surface area contributed by atoms with Crippen LogP contribution < -0.4 is 14.8 Å². The Morgan fingerprint density at radius 2 is 1.94 bits per heavy atom. The molecule has 4 aromatic rings. The second-order valence-corrected chi connectivity index (χ2v) is 8.66. The minimum atomic E-state index is -0.303. The molecule has 0 saturated carbocycles. The van der Waals surface area contributed by atoms with E-state index in [-0.39, 0.29) is 11.9 Å². The maximum atomic E-state index is 12.9. The van der Waals surface area contributed by atoms with E-state index in [9.17, 15) is 4.79 Å². The molecule has 0 aliphatic heterocycles. The minimum Gasteiger partial charge on any atom is -0.490 e. The summed E-state index contributed by atoms with van der Waals surface area (Å²) < 4.78 is 13.3. The number of benzene rings is 2. The number of unbranched alkanes of at least 4 members (excludes halogenated alkanes) is 1. The van der Waals surface area contributed by atoms with Crippen LogP contribution in [0.1, 0.15) is 48.2 Å². The van der Waals surface area contributed by atoms with Gasteiger partial charge in [0.15, 0.2) is 11.5 Å². The molecule has 4 rings (SSSR count). The van der Waals surface area contributed by atoms with Gasteiger partial charge in [-0.3, -0.25) is 10.1 Å². The van der Waals surface area contributed by atoms with Gasteiger partial charge in [-0.1, -0.05) is 37.1 Å². The van der Waals surface area contributed by atoms with Gasteiger partial charge in [0, 0.05) is 16.5 Å². The Balaban J connectivity index is 1.55. The van der Waals surface area contributed by atoms with E-state index in [1.165, 1.54) is 22.5 Å². The SMILES string of the molecule is CCCCOc1ccc(C(=O)Nc2nc3scc(-c4ccc(C)cc4C)n3n2)cc1OCC. The van der Waals surface area contributed by atoms with Crippen molar-refractivity contribution in [1.29, 1.82) is 0 Å². The Bertz CT molecular complexity index is 1280. The first-order valence-electron chi connectivity index (χ1n) is 11.1. The quantitative estimate of drug-likeness (QED) is 0.312. The number of carbonyl (C=O) groups is 1. The molecule has 0 unspecified atom stereocenters. The zero-order valence-corrected chi connectivity index (χ0v) is 20.2. The summed E-state index contributed by atoms with van der Waals surface area (Å²) in [5, 5.41) is 9.37. The van der Waals surface area contributed by atoms with Crippen molar-refractivity contribution in [3.05, 3.63) is 58.5 Å². The number of thiazole rings is 1. The highest BCUT2D eigenvalue weighted by Crippen LogP contribution is 2.30. The van der Waals surface area contributed by atoms with Gasteiger partial charge < -0.3 is 9.47 Å². The van der Waals surface area contributed by atoms with Crippen LogP contribution in [-0.4, -0.2) is 33.7 Å². The van der Waals surface area contributed by atoms with Crippen molar-refractivity contribution in [3.8, 4) is 22.8 Å². The first-order chi connectivity index (χ1) is 16.0. The van der Waals surface area contributed by atoms with E-state index in [0.717, 1.165) is 29.1 Å². The molecule has 0 atom stereocenters. The lowest BCUT2D eigenvalue weighted by molar-refractivity contribution is 0.102. The third kappa shape index (κ3) is 5.01.